The second kappa shape index (κ2) is 9.28. The Morgan fingerprint density at radius 3 is 2.09 bits per heavy atom. The summed E-state index contributed by atoms with van der Waals surface area (Å²) in [4.78, 5) is 28.9. The predicted octanol–water partition coefficient (Wildman–Crippen LogP) is 5.97. The van der Waals surface area contributed by atoms with Gasteiger partial charge in [-0.3, -0.25) is 4.79 Å². The van der Waals surface area contributed by atoms with E-state index in [1.807, 2.05) is 30.9 Å². The number of hydrogen-bond donors (Lipinski definition) is 2. The van der Waals surface area contributed by atoms with Crippen molar-refractivity contribution in [2.45, 2.75) is 90.1 Å². The van der Waals surface area contributed by atoms with Gasteiger partial charge in [0.2, 0.25) is 5.91 Å². The number of benzene rings is 1. The normalized spacial score (nSPS) is 34.1. The third-order valence-electron chi connectivity index (χ3n) is 9.45. The van der Waals surface area contributed by atoms with Crippen LogP contribution in [0.4, 0.5) is 4.79 Å². The highest BCUT2D eigenvalue weighted by atomic mass is 35.5. The molecular formula is C29H42ClN3O2. The highest BCUT2D eigenvalue weighted by Gasteiger charge is 2.52. The molecule has 0 radical (unpaired) electrons. The minimum absolute atomic E-state index is 0.0294. The first-order chi connectivity index (χ1) is 16.5. The summed E-state index contributed by atoms with van der Waals surface area (Å²) in [7, 11) is 0. The van der Waals surface area contributed by atoms with Crippen LogP contribution in [0.1, 0.15) is 84.1 Å². The summed E-state index contributed by atoms with van der Waals surface area (Å²) in [5, 5.41) is 7.24. The first kappa shape index (κ1) is 24.9. The monoisotopic (exact) mass is 499 g/mol. The second-order valence-corrected chi connectivity index (χ2v) is 13.6. The number of likely N-dealkylation sites (tertiary alicyclic amines) is 1. The zero-order chi connectivity index (χ0) is 25.0. The van der Waals surface area contributed by atoms with Gasteiger partial charge in [-0.1, -0.05) is 51.4 Å². The molecule has 4 saturated carbocycles. The molecule has 192 valence electrons. The van der Waals surface area contributed by atoms with Gasteiger partial charge < -0.3 is 15.5 Å². The molecule has 1 heterocycles. The van der Waals surface area contributed by atoms with Crippen LogP contribution in [-0.2, 0) is 4.79 Å². The molecule has 1 unspecified atom stereocenters. The van der Waals surface area contributed by atoms with Crippen molar-refractivity contribution < 1.29 is 9.59 Å². The molecule has 1 aromatic rings. The molecule has 5 aliphatic rings. The molecule has 5 nitrogen and oxygen atoms in total. The van der Waals surface area contributed by atoms with E-state index in [9.17, 15) is 9.59 Å². The van der Waals surface area contributed by atoms with Crippen LogP contribution in [0.15, 0.2) is 24.3 Å². The third kappa shape index (κ3) is 5.08. The first-order valence-electron chi connectivity index (χ1n) is 13.7. The van der Waals surface area contributed by atoms with E-state index < -0.39 is 6.04 Å². The van der Waals surface area contributed by atoms with Gasteiger partial charge in [-0.25, -0.2) is 4.79 Å². The summed E-state index contributed by atoms with van der Waals surface area (Å²) in [6, 6.07) is 7.46. The molecule has 1 aliphatic heterocycles. The first-order valence-corrected chi connectivity index (χ1v) is 14.0. The fourth-order valence-electron chi connectivity index (χ4n) is 8.25. The van der Waals surface area contributed by atoms with Crippen LogP contribution in [0.5, 0.6) is 0 Å². The lowest BCUT2D eigenvalue weighted by atomic mass is 9.53. The number of nitrogens with one attached hydrogen (secondary N) is 2. The van der Waals surface area contributed by atoms with Gasteiger partial charge in [-0.15, -0.1) is 0 Å². The number of amides is 3. The van der Waals surface area contributed by atoms with Crippen LogP contribution in [0.2, 0.25) is 5.02 Å². The molecule has 35 heavy (non-hydrogen) atoms. The van der Waals surface area contributed by atoms with E-state index in [-0.39, 0.29) is 28.8 Å². The van der Waals surface area contributed by atoms with Crippen molar-refractivity contribution in [2.24, 2.45) is 29.1 Å². The molecule has 0 aromatic heterocycles. The number of hydrogen-bond acceptors (Lipinski definition) is 2. The van der Waals surface area contributed by atoms with Gasteiger partial charge in [0.1, 0.15) is 6.04 Å². The number of carbonyl (C=O) groups is 2. The maximum absolute atomic E-state index is 13.7. The highest BCUT2D eigenvalue weighted by molar-refractivity contribution is 6.30. The largest absolute Gasteiger partial charge is 0.340 e. The Balaban J connectivity index is 1.23. The van der Waals surface area contributed by atoms with Gasteiger partial charge in [0.25, 0.3) is 0 Å². The van der Waals surface area contributed by atoms with Crippen LogP contribution < -0.4 is 10.6 Å². The van der Waals surface area contributed by atoms with E-state index in [1.54, 1.807) is 0 Å². The Morgan fingerprint density at radius 1 is 1.00 bits per heavy atom. The number of piperidine rings is 1. The second-order valence-electron chi connectivity index (χ2n) is 13.2. The van der Waals surface area contributed by atoms with Gasteiger partial charge in [0, 0.05) is 23.7 Å². The zero-order valence-electron chi connectivity index (χ0n) is 21.8. The summed E-state index contributed by atoms with van der Waals surface area (Å²) in [5.74, 6) is 2.76. The van der Waals surface area contributed by atoms with E-state index in [0.717, 1.165) is 48.5 Å². The lowest BCUT2D eigenvalue weighted by molar-refractivity contribution is -0.137. The fraction of sp³-hybridized carbons (Fsp3) is 0.724. The smallest absolute Gasteiger partial charge is 0.315 e. The summed E-state index contributed by atoms with van der Waals surface area (Å²) in [6.45, 7) is 9.92. The summed E-state index contributed by atoms with van der Waals surface area (Å²) >= 11 is 6.10. The van der Waals surface area contributed by atoms with Gasteiger partial charge in [-0.05, 0) is 97.6 Å². The quantitative estimate of drug-likeness (QED) is 0.523. The maximum Gasteiger partial charge on any atom is 0.315 e. The Hall–Kier alpha value is -1.75. The minimum atomic E-state index is -0.508. The van der Waals surface area contributed by atoms with Gasteiger partial charge in [0.05, 0.1) is 0 Å². The molecule has 5 fully saturated rings. The fourth-order valence-corrected chi connectivity index (χ4v) is 8.38. The Bertz CT molecular complexity index is 922. The van der Waals surface area contributed by atoms with E-state index >= 15 is 0 Å². The number of nitrogens with zero attached hydrogens (tertiary/aromatic N) is 1. The number of urea groups is 1. The van der Waals surface area contributed by atoms with Gasteiger partial charge >= 0.3 is 6.03 Å². The van der Waals surface area contributed by atoms with Crippen molar-refractivity contribution >= 4 is 23.5 Å². The van der Waals surface area contributed by atoms with Crippen molar-refractivity contribution in [3.05, 3.63) is 34.9 Å². The molecule has 4 aliphatic carbocycles. The van der Waals surface area contributed by atoms with Crippen LogP contribution in [-0.4, -0.2) is 41.5 Å². The van der Waals surface area contributed by atoms with Crippen LogP contribution >= 0.6 is 11.6 Å². The average molecular weight is 500 g/mol. The molecule has 0 spiro atoms. The van der Waals surface area contributed by atoms with E-state index in [2.05, 4.69) is 36.6 Å². The molecule has 4 bridgehead atoms. The molecule has 6 heteroatoms. The Kier molecular flexibility index (Phi) is 6.61. The summed E-state index contributed by atoms with van der Waals surface area (Å²) < 4.78 is 0. The van der Waals surface area contributed by atoms with Crippen LogP contribution in [0, 0.1) is 29.1 Å². The lowest BCUT2D eigenvalue weighted by Gasteiger charge is -2.56. The minimum Gasteiger partial charge on any atom is -0.340 e. The van der Waals surface area contributed by atoms with Crippen LogP contribution in [0.25, 0.3) is 0 Å². The van der Waals surface area contributed by atoms with Gasteiger partial charge in [0.15, 0.2) is 0 Å². The number of rotatable bonds is 5. The zero-order valence-corrected chi connectivity index (χ0v) is 22.5. The van der Waals surface area contributed by atoms with Crippen molar-refractivity contribution in [1.29, 1.82) is 0 Å². The summed E-state index contributed by atoms with van der Waals surface area (Å²) in [6.07, 6.45) is 8.27. The average Bonchev–Trinajstić information content (AvgIpc) is 2.75. The maximum atomic E-state index is 13.7. The number of halogens is 1. The molecule has 3 amide bonds. The highest BCUT2D eigenvalue weighted by Crippen LogP contribution is 2.55. The number of carbonyl (C=O) groups excluding carboxylic acids is 2. The van der Waals surface area contributed by atoms with Gasteiger partial charge in [-0.2, -0.15) is 0 Å². The molecule has 1 saturated heterocycles. The standard InChI is InChI=1S/C29H42ClN3O2/c1-18(2)25(31-27(35)32-29-14-19-11-20(15-29)13-21(12-19)16-29)26(34)33-10-9-24(28(3,4)17-33)22-5-7-23(30)8-6-22/h5-8,18-21,24-25H,9-17H2,1-4H3,(H2,31,32,35)/t19?,20?,21?,24?,25-,29?/m1/s1. The van der Waals surface area contributed by atoms with Crippen molar-refractivity contribution in [3.63, 3.8) is 0 Å². The molecule has 2 N–H and O–H groups in total. The molecule has 6 rings (SSSR count). The molecular weight excluding hydrogens is 458 g/mol. The SMILES string of the molecule is CC(C)[C@@H](NC(=O)NC12CC3CC(CC(C3)C1)C2)C(=O)N1CCC(c2ccc(Cl)cc2)C(C)(C)C1. The van der Waals surface area contributed by atoms with Crippen molar-refractivity contribution in [3.8, 4) is 0 Å². The van der Waals surface area contributed by atoms with E-state index in [0.29, 0.717) is 19.0 Å². The molecule has 1 aromatic carbocycles. The van der Waals surface area contributed by atoms with E-state index in [1.165, 1.54) is 24.8 Å². The summed E-state index contributed by atoms with van der Waals surface area (Å²) in [5.41, 5.74) is 1.16. The Labute approximate surface area is 215 Å². The topological polar surface area (TPSA) is 61.4 Å². The Morgan fingerprint density at radius 2 is 1.57 bits per heavy atom. The predicted molar refractivity (Wildman–Crippen MR) is 140 cm³/mol. The van der Waals surface area contributed by atoms with Crippen molar-refractivity contribution in [1.82, 2.24) is 15.5 Å². The van der Waals surface area contributed by atoms with E-state index in [4.69, 9.17) is 11.6 Å². The lowest BCUT2D eigenvalue weighted by Crippen LogP contribution is -2.64. The van der Waals surface area contributed by atoms with Crippen LogP contribution in [0.3, 0.4) is 0 Å². The van der Waals surface area contributed by atoms with Crippen molar-refractivity contribution in [2.75, 3.05) is 13.1 Å². The third-order valence-corrected chi connectivity index (χ3v) is 9.70. The molecule has 2 atom stereocenters.